The molecule has 2 heterocycles. The van der Waals surface area contributed by atoms with E-state index in [1.165, 1.54) is 11.8 Å². The summed E-state index contributed by atoms with van der Waals surface area (Å²) in [6.07, 6.45) is 0.898. The van der Waals surface area contributed by atoms with Gasteiger partial charge in [0.15, 0.2) is 0 Å². The van der Waals surface area contributed by atoms with E-state index in [4.69, 9.17) is 4.74 Å². The first-order valence-electron chi connectivity index (χ1n) is 10.4. The summed E-state index contributed by atoms with van der Waals surface area (Å²) in [5.74, 6) is 1.55. The van der Waals surface area contributed by atoms with Crippen molar-refractivity contribution in [1.29, 1.82) is 0 Å². The Balaban J connectivity index is 1.51. The van der Waals surface area contributed by atoms with Crippen molar-refractivity contribution < 1.29 is 9.53 Å². The van der Waals surface area contributed by atoms with E-state index in [1.54, 1.807) is 7.11 Å². The van der Waals surface area contributed by atoms with Crippen molar-refractivity contribution in [3.8, 4) is 17.0 Å². The number of nitrogens with zero attached hydrogens (tertiary/aromatic N) is 3. The Bertz CT molecular complexity index is 1070. The number of fused-ring (bicyclic) bond motifs is 1. The van der Waals surface area contributed by atoms with Crippen LogP contribution >= 0.6 is 11.8 Å². The number of carbonyl (C=O) groups is 1. The fraction of sp³-hybridized carbons (Fsp3) is 0.320. The molecule has 6 heteroatoms. The normalized spacial score (nSPS) is 17.2. The average molecular weight is 434 g/mol. The van der Waals surface area contributed by atoms with Crippen LogP contribution in [0.1, 0.15) is 38.7 Å². The number of aromatic nitrogens is 2. The van der Waals surface area contributed by atoms with Crippen molar-refractivity contribution in [3.05, 3.63) is 66.2 Å². The second kappa shape index (κ2) is 8.71. The lowest BCUT2D eigenvalue weighted by atomic mass is 9.80. The zero-order valence-electron chi connectivity index (χ0n) is 18.3. The predicted octanol–water partition coefficient (Wildman–Crippen LogP) is 5.56. The maximum Gasteiger partial charge on any atom is 0.237 e. The second-order valence-corrected chi connectivity index (χ2v) is 9.48. The predicted molar refractivity (Wildman–Crippen MR) is 126 cm³/mol. The number of thioether (sulfide) groups is 1. The van der Waals surface area contributed by atoms with Crippen LogP contribution in [-0.2, 0) is 4.79 Å². The number of benzene rings is 2. The fourth-order valence-electron chi connectivity index (χ4n) is 4.37. The number of hydrogen-bond acceptors (Lipinski definition) is 5. The molecule has 1 amide bonds. The number of methoxy groups -OCH3 is 1. The molecule has 0 saturated carbocycles. The third-order valence-corrected chi connectivity index (χ3v) is 6.62. The van der Waals surface area contributed by atoms with Crippen LogP contribution in [0.15, 0.2) is 65.7 Å². The van der Waals surface area contributed by atoms with Gasteiger partial charge >= 0.3 is 0 Å². The standard InChI is InChI=1S/C25H27N3O2S/c1-17-15-25(2,3)28(22-12-10-19(30-4)14-20(17)22)24(29)16-31-23-13-11-21(26-27-23)18-8-6-5-7-9-18/h5-14,17H,15-16H2,1-4H3. The highest BCUT2D eigenvalue weighted by molar-refractivity contribution is 7.99. The Hall–Kier alpha value is -2.86. The SMILES string of the molecule is COc1ccc2c(c1)C(C)CC(C)(C)N2C(=O)CSc1ccc(-c2ccccc2)nn1. The quantitative estimate of drug-likeness (QED) is 0.493. The lowest BCUT2D eigenvalue weighted by Crippen LogP contribution is -2.52. The first-order chi connectivity index (χ1) is 14.9. The minimum Gasteiger partial charge on any atom is -0.497 e. The van der Waals surface area contributed by atoms with Gasteiger partial charge in [-0.1, -0.05) is 49.0 Å². The molecule has 0 radical (unpaired) electrons. The number of hydrogen-bond donors (Lipinski definition) is 0. The van der Waals surface area contributed by atoms with Crippen LogP contribution < -0.4 is 9.64 Å². The monoisotopic (exact) mass is 433 g/mol. The van der Waals surface area contributed by atoms with Crippen molar-refractivity contribution in [2.45, 2.75) is 43.7 Å². The molecular weight excluding hydrogens is 406 g/mol. The van der Waals surface area contributed by atoms with Crippen molar-refractivity contribution in [2.24, 2.45) is 0 Å². The van der Waals surface area contributed by atoms with Gasteiger partial charge in [0.1, 0.15) is 10.8 Å². The smallest absolute Gasteiger partial charge is 0.237 e. The average Bonchev–Trinajstić information content (AvgIpc) is 2.78. The highest BCUT2D eigenvalue weighted by Crippen LogP contribution is 2.45. The third-order valence-electron chi connectivity index (χ3n) is 5.72. The minimum atomic E-state index is -0.262. The van der Waals surface area contributed by atoms with Crippen LogP contribution in [0, 0.1) is 0 Å². The van der Waals surface area contributed by atoms with Crippen LogP contribution in [0.4, 0.5) is 5.69 Å². The third kappa shape index (κ3) is 4.44. The van der Waals surface area contributed by atoms with Crippen LogP contribution in [-0.4, -0.2) is 34.5 Å². The maximum absolute atomic E-state index is 13.3. The molecule has 1 atom stereocenters. The molecule has 1 aromatic heterocycles. The summed E-state index contributed by atoms with van der Waals surface area (Å²) in [6, 6.07) is 19.8. The lowest BCUT2D eigenvalue weighted by Gasteiger charge is -2.46. The van der Waals surface area contributed by atoms with Crippen LogP contribution in [0.3, 0.4) is 0 Å². The topological polar surface area (TPSA) is 55.3 Å². The number of carbonyl (C=O) groups excluding carboxylic acids is 1. The molecule has 31 heavy (non-hydrogen) atoms. The van der Waals surface area contributed by atoms with E-state index in [0.29, 0.717) is 11.7 Å². The first-order valence-corrected chi connectivity index (χ1v) is 11.4. The minimum absolute atomic E-state index is 0.0715. The molecule has 1 aliphatic rings. The van der Waals surface area contributed by atoms with E-state index in [1.807, 2.05) is 59.5 Å². The summed E-state index contributed by atoms with van der Waals surface area (Å²) in [5.41, 5.74) is 3.72. The van der Waals surface area contributed by atoms with Crippen LogP contribution in [0.2, 0.25) is 0 Å². The van der Waals surface area contributed by atoms with Crippen molar-refractivity contribution in [1.82, 2.24) is 10.2 Å². The summed E-state index contributed by atoms with van der Waals surface area (Å²) < 4.78 is 5.40. The van der Waals surface area contributed by atoms with Gasteiger partial charge in [0.25, 0.3) is 0 Å². The summed E-state index contributed by atoms with van der Waals surface area (Å²) >= 11 is 1.42. The summed E-state index contributed by atoms with van der Waals surface area (Å²) in [6.45, 7) is 6.47. The van der Waals surface area contributed by atoms with Gasteiger partial charge in [0, 0.05) is 16.8 Å². The van der Waals surface area contributed by atoms with Gasteiger partial charge in [0.05, 0.1) is 18.6 Å². The van der Waals surface area contributed by atoms with Gasteiger partial charge in [-0.15, -0.1) is 10.2 Å². The Morgan fingerprint density at radius 1 is 1.13 bits per heavy atom. The highest BCUT2D eigenvalue weighted by Gasteiger charge is 2.39. The van der Waals surface area contributed by atoms with Crippen molar-refractivity contribution in [3.63, 3.8) is 0 Å². The molecule has 0 N–H and O–H groups in total. The Morgan fingerprint density at radius 2 is 1.90 bits per heavy atom. The van der Waals surface area contributed by atoms with E-state index < -0.39 is 0 Å². The molecule has 0 spiro atoms. The summed E-state index contributed by atoms with van der Waals surface area (Å²) in [5, 5.41) is 9.38. The highest BCUT2D eigenvalue weighted by atomic mass is 32.2. The largest absolute Gasteiger partial charge is 0.497 e. The number of anilines is 1. The zero-order chi connectivity index (χ0) is 22.0. The van der Waals surface area contributed by atoms with Gasteiger partial charge in [-0.05, 0) is 62.1 Å². The van der Waals surface area contributed by atoms with Gasteiger partial charge in [-0.2, -0.15) is 0 Å². The molecule has 1 unspecified atom stereocenters. The Morgan fingerprint density at radius 3 is 2.58 bits per heavy atom. The van der Waals surface area contributed by atoms with Gasteiger partial charge in [-0.3, -0.25) is 4.79 Å². The van der Waals surface area contributed by atoms with E-state index in [0.717, 1.165) is 39.7 Å². The zero-order valence-corrected chi connectivity index (χ0v) is 19.1. The number of ether oxygens (including phenoxy) is 1. The van der Waals surface area contributed by atoms with Crippen LogP contribution in [0.25, 0.3) is 11.3 Å². The molecule has 3 aromatic rings. The van der Waals surface area contributed by atoms with E-state index in [2.05, 4.69) is 37.0 Å². The summed E-state index contributed by atoms with van der Waals surface area (Å²) in [7, 11) is 1.67. The molecule has 0 fully saturated rings. The van der Waals surface area contributed by atoms with Gasteiger partial charge in [0.2, 0.25) is 5.91 Å². The molecule has 4 rings (SSSR count). The van der Waals surface area contributed by atoms with Gasteiger partial charge in [-0.25, -0.2) is 0 Å². The first kappa shape index (κ1) is 21.4. The Labute approximate surface area is 187 Å². The molecule has 160 valence electrons. The fourth-order valence-corrected chi connectivity index (χ4v) is 5.03. The molecule has 0 saturated heterocycles. The second-order valence-electron chi connectivity index (χ2n) is 8.48. The lowest BCUT2D eigenvalue weighted by molar-refractivity contribution is -0.117. The molecule has 1 aliphatic heterocycles. The maximum atomic E-state index is 13.3. The summed E-state index contributed by atoms with van der Waals surface area (Å²) in [4.78, 5) is 15.3. The van der Waals surface area contributed by atoms with E-state index in [-0.39, 0.29) is 11.4 Å². The number of rotatable bonds is 5. The molecule has 5 nitrogen and oxygen atoms in total. The van der Waals surface area contributed by atoms with Crippen LogP contribution in [0.5, 0.6) is 5.75 Å². The molecule has 0 aliphatic carbocycles. The Kier molecular flexibility index (Phi) is 6.01. The molecule has 0 bridgehead atoms. The van der Waals surface area contributed by atoms with Crippen molar-refractivity contribution >= 4 is 23.4 Å². The molecular formula is C25H27N3O2S. The molecule has 2 aromatic carbocycles. The van der Waals surface area contributed by atoms with E-state index >= 15 is 0 Å². The van der Waals surface area contributed by atoms with Gasteiger partial charge < -0.3 is 9.64 Å². The van der Waals surface area contributed by atoms with Crippen molar-refractivity contribution in [2.75, 3.05) is 17.8 Å². The number of amides is 1. The van der Waals surface area contributed by atoms with E-state index in [9.17, 15) is 4.79 Å².